The van der Waals surface area contributed by atoms with E-state index >= 15 is 0 Å². The van der Waals surface area contributed by atoms with Crippen molar-refractivity contribution in [2.45, 2.75) is 61.6 Å². The van der Waals surface area contributed by atoms with Crippen LogP contribution < -0.4 is 4.72 Å². The molecule has 0 amide bonds. The summed E-state index contributed by atoms with van der Waals surface area (Å²) in [5.74, 6) is -0.0910. The molecule has 16 heteroatoms. The van der Waals surface area contributed by atoms with Crippen molar-refractivity contribution in [1.29, 1.82) is 0 Å². The number of amidine groups is 1. The Balaban J connectivity index is 1.23. The minimum absolute atomic E-state index is 0.0934. The van der Waals surface area contributed by atoms with Gasteiger partial charge in [0, 0.05) is 76.6 Å². The normalized spacial score (nSPS) is 24.9. The van der Waals surface area contributed by atoms with Crippen LogP contribution in [0, 0.1) is 5.82 Å². The molecule has 2 fully saturated rings. The molecule has 0 bridgehead atoms. The number of alkyl halides is 2. The number of benzene rings is 1. The lowest BCUT2D eigenvalue weighted by molar-refractivity contribution is -0.000115. The van der Waals surface area contributed by atoms with Crippen LogP contribution in [0.3, 0.4) is 0 Å². The fourth-order valence-electron chi connectivity index (χ4n) is 6.67. The summed E-state index contributed by atoms with van der Waals surface area (Å²) >= 11 is 7.87. The van der Waals surface area contributed by atoms with Crippen molar-refractivity contribution in [1.82, 2.24) is 29.4 Å². The van der Waals surface area contributed by atoms with Crippen LogP contribution in [0.5, 0.6) is 0 Å². The maximum atomic E-state index is 14.1. The largest absolute Gasteiger partial charge is 0.385 e. The fourth-order valence-corrected chi connectivity index (χ4v) is 9.25. The number of nitrogens with zero attached hydrogens (tertiary/aromatic N) is 6. The molecule has 3 aromatic heterocycles. The first kappa shape index (κ1) is 31.9. The van der Waals surface area contributed by atoms with Gasteiger partial charge in [0.25, 0.3) is 0 Å². The summed E-state index contributed by atoms with van der Waals surface area (Å²) in [5.41, 5.74) is 1.24. The lowest BCUT2D eigenvalue weighted by atomic mass is 9.80. The van der Waals surface area contributed by atoms with Gasteiger partial charge in [0.05, 0.1) is 16.5 Å². The van der Waals surface area contributed by atoms with E-state index in [9.17, 15) is 26.7 Å². The average Bonchev–Trinajstić information content (AvgIpc) is 3.83. The summed E-state index contributed by atoms with van der Waals surface area (Å²) in [6, 6.07) is 7.41. The van der Waals surface area contributed by atoms with Crippen LogP contribution in [0.15, 0.2) is 77.3 Å². The first-order chi connectivity index (χ1) is 22.5. The molecule has 0 unspecified atom stereocenters. The second-order valence-electron chi connectivity index (χ2n) is 11.8. The third-order valence-electron chi connectivity index (χ3n) is 8.95. The van der Waals surface area contributed by atoms with E-state index in [1.54, 1.807) is 36.1 Å². The Morgan fingerprint density at radius 2 is 1.96 bits per heavy atom. The van der Waals surface area contributed by atoms with Crippen molar-refractivity contribution in [2.24, 2.45) is 4.99 Å². The topological polar surface area (TPSA) is 126 Å². The van der Waals surface area contributed by atoms with Gasteiger partial charge in [0.1, 0.15) is 11.9 Å². The molecule has 2 N–H and O–H groups in total. The van der Waals surface area contributed by atoms with Crippen LogP contribution in [0.25, 0.3) is 5.57 Å². The predicted octanol–water partition coefficient (Wildman–Crippen LogP) is 5.66. The van der Waals surface area contributed by atoms with Crippen LogP contribution in [0.2, 0.25) is 5.02 Å². The SMILES string of the molecule is O=S(=O)(N[C@H]1CC2=C(c3ccn(C(F)F)n3)[C@H](c3ccc(F)cc3Cl)N=C(c3nccs3)N2C1)C1CCC(O)(c2cccnc2)CC1. The van der Waals surface area contributed by atoms with Gasteiger partial charge in [-0.1, -0.05) is 23.7 Å². The van der Waals surface area contributed by atoms with Crippen LogP contribution in [0.1, 0.15) is 66.5 Å². The Morgan fingerprint density at radius 3 is 2.62 bits per heavy atom. The van der Waals surface area contributed by atoms with E-state index < -0.39 is 45.3 Å². The van der Waals surface area contributed by atoms with E-state index in [1.165, 1.54) is 29.5 Å². The summed E-state index contributed by atoms with van der Waals surface area (Å²) in [4.78, 5) is 15.4. The highest BCUT2D eigenvalue weighted by molar-refractivity contribution is 7.90. The molecule has 2 aliphatic heterocycles. The monoisotopic (exact) mass is 703 g/mol. The van der Waals surface area contributed by atoms with Gasteiger partial charge in [-0.2, -0.15) is 13.9 Å². The Labute approximate surface area is 277 Å². The van der Waals surface area contributed by atoms with Crippen molar-refractivity contribution in [2.75, 3.05) is 6.54 Å². The Kier molecular flexibility index (Phi) is 8.45. The van der Waals surface area contributed by atoms with Crippen molar-refractivity contribution in [3.05, 3.63) is 105 Å². The average molecular weight is 704 g/mol. The number of hydrogen-bond donors (Lipinski definition) is 2. The number of thiazole rings is 1. The highest BCUT2D eigenvalue weighted by atomic mass is 35.5. The number of aromatic nitrogens is 4. The maximum absolute atomic E-state index is 14.1. The van der Waals surface area contributed by atoms with Gasteiger partial charge < -0.3 is 10.0 Å². The van der Waals surface area contributed by atoms with E-state index in [0.717, 1.165) is 12.3 Å². The molecule has 7 rings (SSSR count). The van der Waals surface area contributed by atoms with Gasteiger partial charge in [0.15, 0.2) is 10.8 Å². The predicted molar refractivity (Wildman–Crippen MR) is 171 cm³/mol. The molecule has 1 saturated carbocycles. The van der Waals surface area contributed by atoms with Crippen molar-refractivity contribution in [3.63, 3.8) is 0 Å². The second kappa shape index (κ2) is 12.4. The summed E-state index contributed by atoms with van der Waals surface area (Å²) in [5, 5.41) is 17.1. The molecule has 2 atom stereocenters. The highest BCUT2D eigenvalue weighted by Crippen LogP contribution is 2.47. The summed E-state index contributed by atoms with van der Waals surface area (Å²) in [7, 11) is -3.84. The van der Waals surface area contributed by atoms with E-state index in [0.29, 0.717) is 37.9 Å². The molecule has 1 aliphatic carbocycles. The maximum Gasteiger partial charge on any atom is 0.333 e. The highest BCUT2D eigenvalue weighted by Gasteiger charge is 2.44. The van der Waals surface area contributed by atoms with E-state index in [2.05, 4.69) is 19.8 Å². The molecular formula is C31H29ClF3N7O3S2. The molecule has 47 heavy (non-hydrogen) atoms. The van der Waals surface area contributed by atoms with E-state index in [4.69, 9.17) is 16.6 Å². The Morgan fingerprint density at radius 1 is 1.15 bits per heavy atom. The summed E-state index contributed by atoms with van der Waals surface area (Å²) < 4.78 is 72.3. The molecular weight excluding hydrogens is 675 g/mol. The number of aliphatic imine (C=N–C) groups is 1. The van der Waals surface area contributed by atoms with Crippen molar-refractivity contribution < 1.29 is 26.7 Å². The van der Waals surface area contributed by atoms with Gasteiger partial charge in [-0.3, -0.25) is 9.98 Å². The van der Waals surface area contributed by atoms with Crippen LogP contribution in [-0.2, 0) is 15.6 Å². The van der Waals surface area contributed by atoms with Crippen LogP contribution >= 0.6 is 22.9 Å². The molecule has 3 aliphatic rings. The zero-order valence-corrected chi connectivity index (χ0v) is 27.1. The zero-order chi connectivity index (χ0) is 32.9. The molecule has 5 heterocycles. The second-order valence-corrected chi connectivity index (χ2v) is 15.1. The van der Waals surface area contributed by atoms with Crippen LogP contribution in [-0.4, -0.2) is 61.8 Å². The third kappa shape index (κ3) is 6.10. The summed E-state index contributed by atoms with van der Waals surface area (Å²) in [6.45, 7) is -2.69. The van der Waals surface area contributed by atoms with E-state index in [1.807, 2.05) is 4.90 Å². The molecule has 246 valence electrons. The zero-order valence-electron chi connectivity index (χ0n) is 24.7. The van der Waals surface area contributed by atoms with Crippen LogP contribution in [0.4, 0.5) is 13.2 Å². The number of fused-ring (bicyclic) bond motifs is 1. The number of hydrogen-bond acceptors (Lipinski definition) is 9. The number of halogens is 4. The van der Waals surface area contributed by atoms with Gasteiger partial charge in [-0.05, 0) is 49.9 Å². The Hall–Kier alpha value is -3.63. The van der Waals surface area contributed by atoms with Gasteiger partial charge >= 0.3 is 6.55 Å². The van der Waals surface area contributed by atoms with E-state index in [-0.39, 0.29) is 49.4 Å². The molecule has 10 nitrogen and oxygen atoms in total. The fraction of sp³-hybridized carbons (Fsp3) is 0.355. The third-order valence-corrected chi connectivity index (χ3v) is 12.1. The number of aliphatic hydroxyl groups is 1. The number of rotatable bonds is 8. The molecule has 0 spiro atoms. The van der Waals surface area contributed by atoms with Crippen molar-refractivity contribution >= 4 is 44.4 Å². The first-order valence-corrected chi connectivity index (χ1v) is 17.7. The molecule has 1 saturated heterocycles. The van der Waals surface area contributed by atoms with Gasteiger partial charge in [0.2, 0.25) is 10.0 Å². The first-order valence-electron chi connectivity index (χ1n) is 14.9. The Bertz CT molecular complexity index is 1950. The van der Waals surface area contributed by atoms with Crippen molar-refractivity contribution in [3.8, 4) is 0 Å². The minimum atomic E-state index is -3.84. The lowest BCUT2D eigenvalue weighted by Gasteiger charge is -2.36. The molecule has 4 aromatic rings. The number of sulfonamides is 1. The number of nitrogens with one attached hydrogen (secondary N) is 1. The molecule has 1 aromatic carbocycles. The smallest absolute Gasteiger partial charge is 0.333 e. The minimum Gasteiger partial charge on any atom is -0.385 e. The van der Waals surface area contributed by atoms with Gasteiger partial charge in [-0.15, -0.1) is 11.3 Å². The standard InChI is InChI=1S/C31H29ClF3N7O3S2/c32-23-14-19(33)3-4-22(23)27-26(24-7-12-42(39-24)30(34)35)25-15-20(17-41(25)28(38-27)29-37-11-13-46-29)40-47(44,45)21-5-8-31(43,9-6-21)18-2-1-10-36-16-18/h1-4,7,10-14,16,20-21,27,30,40,43H,5-6,8-9,15,17H2/t20-,21?,27-,31?/m0/s1. The molecule has 0 radical (unpaired) electrons. The lowest BCUT2D eigenvalue weighted by Crippen LogP contribution is -2.46. The quantitative estimate of drug-likeness (QED) is 0.243. The number of pyridine rings is 1. The van der Waals surface area contributed by atoms with Gasteiger partial charge in [-0.25, -0.2) is 27.2 Å². The summed E-state index contributed by atoms with van der Waals surface area (Å²) in [6.07, 6.45) is 7.25.